The van der Waals surface area contributed by atoms with E-state index in [4.69, 9.17) is 0 Å². The molecule has 6 heteroatoms. The summed E-state index contributed by atoms with van der Waals surface area (Å²) in [7, 11) is 0. The fraction of sp³-hybridized carbons (Fsp3) is 0.500. The van der Waals surface area contributed by atoms with E-state index in [1.807, 2.05) is 27.8 Å². The van der Waals surface area contributed by atoms with Crippen molar-refractivity contribution in [3.05, 3.63) is 40.8 Å². The molecule has 0 radical (unpaired) electrons. The standard InChI is InChI=1S/C18H22N4OS/c23-17(16-5-11-24-13-16)22-10-4-15(12-22)14-2-8-21(9-3-14)18-19-6-1-7-20-18/h1,5-7,11,13-15H,2-4,8-10,12H2. The van der Waals surface area contributed by atoms with Crippen molar-refractivity contribution in [2.75, 3.05) is 31.1 Å². The zero-order valence-corrected chi connectivity index (χ0v) is 14.5. The SMILES string of the molecule is O=C(c1ccsc1)N1CCC(C2CCN(c3ncccn3)CC2)C1. The minimum absolute atomic E-state index is 0.203. The first-order chi connectivity index (χ1) is 11.8. The zero-order valence-electron chi connectivity index (χ0n) is 13.7. The average molecular weight is 342 g/mol. The Morgan fingerprint density at radius 3 is 2.54 bits per heavy atom. The van der Waals surface area contributed by atoms with Gasteiger partial charge in [0.1, 0.15) is 0 Å². The van der Waals surface area contributed by atoms with Gasteiger partial charge in [-0.2, -0.15) is 11.3 Å². The lowest BCUT2D eigenvalue weighted by atomic mass is 9.84. The largest absolute Gasteiger partial charge is 0.341 e. The molecule has 2 aromatic rings. The van der Waals surface area contributed by atoms with Crippen LogP contribution in [0.3, 0.4) is 0 Å². The number of likely N-dealkylation sites (tertiary alicyclic amines) is 1. The third kappa shape index (κ3) is 3.15. The van der Waals surface area contributed by atoms with Crippen LogP contribution in [0, 0.1) is 11.8 Å². The van der Waals surface area contributed by atoms with E-state index in [9.17, 15) is 4.79 Å². The van der Waals surface area contributed by atoms with Crippen molar-refractivity contribution in [3.8, 4) is 0 Å². The van der Waals surface area contributed by atoms with Crippen LogP contribution in [0.4, 0.5) is 5.95 Å². The van der Waals surface area contributed by atoms with E-state index in [2.05, 4.69) is 14.9 Å². The fourth-order valence-electron chi connectivity index (χ4n) is 3.95. The Kier molecular flexibility index (Phi) is 4.47. The number of carbonyl (C=O) groups is 1. The monoisotopic (exact) mass is 342 g/mol. The number of hydrogen-bond donors (Lipinski definition) is 0. The normalized spacial score (nSPS) is 22.1. The lowest BCUT2D eigenvalue weighted by Crippen LogP contribution is -2.38. The summed E-state index contributed by atoms with van der Waals surface area (Å²) in [5, 5.41) is 3.93. The van der Waals surface area contributed by atoms with Gasteiger partial charge in [0, 0.05) is 44.0 Å². The molecule has 0 aliphatic carbocycles. The molecule has 0 spiro atoms. The molecule has 126 valence electrons. The third-order valence-electron chi connectivity index (χ3n) is 5.32. The van der Waals surface area contributed by atoms with Crippen LogP contribution in [-0.4, -0.2) is 47.0 Å². The van der Waals surface area contributed by atoms with Crippen molar-refractivity contribution in [2.24, 2.45) is 11.8 Å². The summed E-state index contributed by atoms with van der Waals surface area (Å²) in [4.78, 5) is 25.5. The molecule has 2 aliphatic heterocycles. The van der Waals surface area contributed by atoms with Gasteiger partial charge >= 0.3 is 0 Å². The highest BCUT2D eigenvalue weighted by Gasteiger charge is 2.34. The van der Waals surface area contributed by atoms with Gasteiger partial charge in [-0.1, -0.05) is 0 Å². The number of nitrogens with zero attached hydrogens (tertiary/aromatic N) is 4. The Morgan fingerprint density at radius 2 is 1.83 bits per heavy atom. The first-order valence-corrected chi connectivity index (χ1v) is 9.59. The number of aromatic nitrogens is 2. The quantitative estimate of drug-likeness (QED) is 0.860. The zero-order chi connectivity index (χ0) is 16.4. The summed E-state index contributed by atoms with van der Waals surface area (Å²) < 4.78 is 0. The highest BCUT2D eigenvalue weighted by molar-refractivity contribution is 7.08. The van der Waals surface area contributed by atoms with Gasteiger partial charge in [-0.25, -0.2) is 9.97 Å². The number of carbonyl (C=O) groups excluding carboxylic acids is 1. The van der Waals surface area contributed by atoms with Crippen molar-refractivity contribution in [1.82, 2.24) is 14.9 Å². The highest BCUT2D eigenvalue weighted by atomic mass is 32.1. The summed E-state index contributed by atoms with van der Waals surface area (Å²) in [5.74, 6) is 2.40. The topological polar surface area (TPSA) is 49.3 Å². The second kappa shape index (κ2) is 6.89. The van der Waals surface area contributed by atoms with Crippen LogP contribution in [-0.2, 0) is 0 Å². The Bertz CT molecular complexity index is 668. The van der Waals surface area contributed by atoms with E-state index >= 15 is 0 Å². The molecule has 24 heavy (non-hydrogen) atoms. The van der Waals surface area contributed by atoms with E-state index in [1.165, 1.54) is 12.8 Å². The van der Waals surface area contributed by atoms with E-state index in [0.29, 0.717) is 11.8 Å². The Morgan fingerprint density at radius 1 is 1.08 bits per heavy atom. The van der Waals surface area contributed by atoms with Gasteiger partial charge < -0.3 is 9.80 Å². The van der Waals surface area contributed by atoms with Crippen LogP contribution in [0.5, 0.6) is 0 Å². The number of thiophene rings is 1. The predicted molar refractivity (Wildman–Crippen MR) is 95.3 cm³/mol. The van der Waals surface area contributed by atoms with E-state index < -0.39 is 0 Å². The van der Waals surface area contributed by atoms with Crippen molar-refractivity contribution >= 4 is 23.2 Å². The molecule has 2 fully saturated rings. The van der Waals surface area contributed by atoms with Gasteiger partial charge in [0.15, 0.2) is 0 Å². The second-order valence-corrected chi connectivity index (χ2v) is 7.47. The van der Waals surface area contributed by atoms with Crippen LogP contribution >= 0.6 is 11.3 Å². The maximum Gasteiger partial charge on any atom is 0.254 e. The van der Waals surface area contributed by atoms with E-state index in [1.54, 1.807) is 23.7 Å². The molecule has 2 aromatic heterocycles. The van der Waals surface area contributed by atoms with Gasteiger partial charge in [-0.3, -0.25) is 4.79 Å². The summed E-state index contributed by atoms with van der Waals surface area (Å²) in [6.07, 6.45) is 7.09. The molecule has 0 aromatic carbocycles. The molecule has 1 atom stereocenters. The molecule has 0 bridgehead atoms. The molecule has 2 saturated heterocycles. The summed E-state index contributed by atoms with van der Waals surface area (Å²) >= 11 is 1.59. The van der Waals surface area contributed by atoms with Crippen LogP contribution in [0.15, 0.2) is 35.3 Å². The van der Waals surface area contributed by atoms with Gasteiger partial charge in [0.25, 0.3) is 5.91 Å². The van der Waals surface area contributed by atoms with Crippen molar-refractivity contribution in [1.29, 1.82) is 0 Å². The lowest BCUT2D eigenvalue weighted by Gasteiger charge is -2.34. The van der Waals surface area contributed by atoms with Crippen LogP contribution < -0.4 is 4.90 Å². The molecule has 5 nitrogen and oxygen atoms in total. The van der Waals surface area contributed by atoms with Gasteiger partial charge in [-0.15, -0.1) is 0 Å². The van der Waals surface area contributed by atoms with Crippen molar-refractivity contribution < 1.29 is 4.79 Å². The minimum Gasteiger partial charge on any atom is -0.341 e. The van der Waals surface area contributed by atoms with Gasteiger partial charge in [-0.05, 0) is 48.6 Å². The maximum atomic E-state index is 12.5. The Balaban J connectivity index is 1.31. The molecular weight excluding hydrogens is 320 g/mol. The first kappa shape index (κ1) is 15.6. The second-order valence-electron chi connectivity index (χ2n) is 6.69. The Hall–Kier alpha value is -1.95. The summed E-state index contributed by atoms with van der Waals surface area (Å²) in [6.45, 7) is 3.86. The van der Waals surface area contributed by atoms with Gasteiger partial charge in [0.2, 0.25) is 5.95 Å². The van der Waals surface area contributed by atoms with E-state index in [-0.39, 0.29) is 5.91 Å². The molecule has 2 aliphatic rings. The number of rotatable bonds is 3. The molecule has 0 saturated carbocycles. The van der Waals surface area contributed by atoms with Crippen molar-refractivity contribution in [2.45, 2.75) is 19.3 Å². The molecule has 4 rings (SSSR count). The number of piperidine rings is 1. The summed E-state index contributed by atoms with van der Waals surface area (Å²) in [6, 6.07) is 3.78. The van der Waals surface area contributed by atoms with E-state index in [0.717, 1.165) is 44.1 Å². The number of hydrogen-bond acceptors (Lipinski definition) is 5. The minimum atomic E-state index is 0.203. The maximum absolute atomic E-state index is 12.5. The van der Waals surface area contributed by atoms with Crippen LogP contribution in [0.25, 0.3) is 0 Å². The first-order valence-electron chi connectivity index (χ1n) is 8.64. The average Bonchev–Trinajstić information content (AvgIpc) is 3.34. The molecule has 0 N–H and O–H groups in total. The Labute approximate surface area is 146 Å². The predicted octanol–water partition coefficient (Wildman–Crippen LogP) is 2.92. The van der Waals surface area contributed by atoms with Gasteiger partial charge in [0.05, 0.1) is 5.56 Å². The lowest BCUT2D eigenvalue weighted by molar-refractivity contribution is 0.0781. The van der Waals surface area contributed by atoms with Crippen LogP contribution in [0.2, 0.25) is 0 Å². The molecule has 1 amide bonds. The number of amides is 1. The molecule has 4 heterocycles. The smallest absolute Gasteiger partial charge is 0.254 e. The summed E-state index contributed by atoms with van der Waals surface area (Å²) in [5.41, 5.74) is 0.844. The van der Waals surface area contributed by atoms with Crippen molar-refractivity contribution in [3.63, 3.8) is 0 Å². The highest BCUT2D eigenvalue weighted by Crippen LogP contribution is 2.33. The molecular formula is C18H22N4OS. The molecule has 1 unspecified atom stereocenters. The third-order valence-corrected chi connectivity index (χ3v) is 6.00. The fourth-order valence-corrected chi connectivity index (χ4v) is 4.58. The van der Waals surface area contributed by atoms with Crippen LogP contribution in [0.1, 0.15) is 29.6 Å². The number of anilines is 1.